The lowest BCUT2D eigenvalue weighted by atomic mass is 10.0. The van der Waals surface area contributed by atoms with Crippen LogP contribution in [-0.2, 0) is 22.4 Å². The Morgan fingerprint density at radius 1 is 1.03 bits per heavy atom. The van der Waals surface area contributed by atoms with Crippen molar-refractivity contribution in [1.29, 1.82) is 0 Å². The first-order valence-electron chi connectivity index (χ1n) is 11.9. The minimum atomic E-state index is -1.16. The van der Waals surface area contributed by atoms with Gasteiger partial charge >= 0.3 is 5.97 Å². The van der Waals surface area contributed by atoms with Crippen LogP contribution in [0.15, 0.2) is 54.6 Å². The molecule has 3 aromatic rings. The minimum absolute atomic E-state index is 0.0747. The molecule has 2 unspecified atom stereocenters. The van der Waals surface area contributed by atoms with E-state index in [2.05, 4.69) is 5.32 Å². The summed E-state index contributed by atoms with van der Waals surface area (Å²) < 4.78 is 15.5. The highest BCUT2D eigenvalue weighted by Crippen LogP contribution is 2.31. The summed E-state index contributed by atoms with van der Waals surface area (Å²) in [4.78, 5) is 28.3. The van der Waals surface area contributed by atoms with E-state index in [0.29, 0.717) is 23.6 Å². The molecule has 0 fully saturated rings. The summed E-state index contributed by atoms with van der Waals surface area (Å²) in [7, 11) is 0. The number of carbonyl (C=O) groups is 2. The lowest BCUT2D eigenvalue weighted by Gasteiger charge is -2.19. The van der Waals surface area contributed by atoms with Crippen molar-refractivity contribution in [3.63, 3.8) is 0 Å². The number of aromatic nitrogens is 2. The number of nitrogens with zero attached hydrogens (tertiary/aromatic N) is 2. The van der Waals surface area contributed by atoms with Crippen LogP contribution in [-0.4, -0.2) is 49.0 Å². The van der Waals surface area contributed by atoms with E-state index >= 15 is 0 Å². The van der Waals surface area contributed by atoms with Crippen LogP contribution in [0.1, 0.15) is 50.4 Å². The number of hydrogen-bond donors (Lipinski definition) is 4. The monoisotopic (exact) mass is 497 g/mol. The smallest absolute Gasteiger partial charge is 0.305 e. The van der Waals surface area contributed by atoms with Gasteiger partial charge in [0.05, 0.1) is 30.7 Å². The van der Waals surface area contributed by atoms with Crippen molar-refractivity contribution < 1.29 is 29.3 Å². The molecular weight excluding hydrogens is 465 g/mol. The van der Waals surface area contributed by atoms with Gasteiger partial charge in [0.1, 0.15) is 5.82 Å². The zero-order valence-corrected chi connectivity index (χ0v) is 20.4. The average Bonchev–Trinajstić information content (AvgIpc) is 3.16. The number of aliphatic hydroxyl groups excluding tert-OH is 2. The first kappa shape index (κ1) is 27.0. The fourth-order valence-corrected chi connectivity index (χ4v) is 4.16. The lowest BCUT2D eigenvalue weighted by Crippen LogP contribution is -2.22. The number of anilines is 1. The summed E-state index contributed by atoms with van der Waals surface area (Å²) in [6.07, 6.45) is -1.86. The second-order valence-corrected chi connectivity index (χ2v) is 9.09. The number of carboxylic acids is 1. The summed E-state index contributed by atoms with van der Waals surface area (Å²) in [6, 6.07) is 15.1. The average molecular weight is 498 g/mol. The maximum atomic E-state index is 13.6. The molecule has 0 spiro atoms. The van der Waals surface area contributed by atoms with E-state index in [1.807, 2.05) is 48.7 Å². The van der Waals surface area contributed by atoms with Crippen LogP contribution in [0, 0.1) is 5.82 Å². The van der Waals surface area contributed by atoms with E-state index in [9.17, 15) is 24.2 Å². The molecule has 0 saturated carbocycles. The Labute approximate surface area is 209 Å². The van der Waals surface area contributed by atoms with E-state index in [1.54, 1.807) is 12.1 Å². The Bertz CT molecular complexity index is 1160. The molecule has 0 bridgehead atoms. The molecule has 1 amide bonds. The number of carbonyl (C=O) groups excluding carboxylic acids is 1. The molecule has 2 atom stereocenters. The standard InChI is InChI=1S/C27H32FN3O5/c1-17(2)31-23(13-12-21(32)15-22(33)16-25(35)36)26(19-8-10-20(28)11-9-19)30-27(31)29-24(34)14-18-6-4-3-5-7-18/h3-11,17,21-22,32-33H,12-16H2,1-2H3,(H,35,36)(H,29,30,34). The number of amides is 1. The third-order valence-corrected chi connectivity index (χ3v) is 5.77. The maximum absolute atomic E-state index is 13.6. The molecule has 4 N–H and O–H groups in total. The van der Waals surface area contributed by atoms with Crippen molar-refractivity contribution in [3.8, 4) is 11.3 Å². The summed E-state index contributed by atoms with van der Waals surface area (Å²) in [5, 5.41) is 32.0. The lowest BCUT2D eigenvalue weighted by molar-refractivity contribution is -0.139. The number of aliphatic hydroxyl groups is 2. The van der Waals surface area contributed by atoms with Gasteiger partial charge in [0.2, 0.25) is 11.9 Å². The number of rotatable bonds is 12. The Balaban J connectivity index is 1.89. The van der Waals surface area contributed by atoms with Crippen molar-refractivity contribution in [3.05, 3.63) is 71.7 Å². The van der Waals surface area contributed by atoms with E-state index < -0.39 is 24.6 Å². The van der Waals surface area contributed by atoms with Crippen molar-refractivity contribution in [2.75, 3.05) is 5.32 Å². The Morgan fingerprint density at radius 3 is 2.31 bits per heavy atom. The van der Waals surface area contributed by atoms with Crippen molar-refractivity contribution in [1.82, 2.24) is 9.55 Å². The molecule has 0 saturated heterocycles. The molecule has 2 aromatic carbocycles. The van der Waals surface area contributed by atoms with Crippen LogP contribution in [0.5, 0.6) is 0 Å². The normalized spacial score (nSPS) is 12.9. The molecule has 1 heterocycles. The van der Waals surface area contributed by atoms with E-state index in [0.717, 1.165) is 11.3 Å². The first-order chi connectivity index (χ1) is 17.1. The van der Waals surface area contributed by atoms with Gasteiger partial charge < -0.3 is 19.9 Å². The Morgan fingerprint density at radius 2 is 1.69 bits per heavy atom. The zero-order chi connectivity index (χ0) is 26.2. The van der Waals surface area contributed by atoms with Gasteiger partial charge in [-0.25, -0.2) is 9.37 Å². The van der Waals surface area contributed by atoms with E-state index in [1.165, 1.54) is 12.1 Å². The van der Waals surface area contributed by atoms with E-state index in [-0.39, 0.29) is 37.0 Å². The zero-order valence-electron chi connectivity index (χ0n) is 20.4. The van der Waals surface area contributed by atoms with Crippen LogP contribution >= 0.6 is 0 Å². The van der Waals surface area contributed by atoms with Crippen molar-refractivity contribution >= 4 is 17.8 Å². The summed E-state index contributed by atoms with van der Waals surface area (Å²) in [6.45, 7) is 3.89. The predicted octanol–water partition coefficient (Wildman–Crippen LogP) is 3.97. The van der Waals surface area contributed by atoms with Gasteiger partial charge in [0.15, 0.2) is 0 Å². The van der Waals surface area contributed by atoms with Gasteiger partial charge in [-0.3, -0.25) is 14.9 Å². The van der Waals surface area contributed by atoms with Gasteiger partial charge in [-0.2, -0.15) is 0 Å². The summed E-state index contributed by atoms with van der Waals surface area (Å²) in [5.74, 6) is -1.41. The Kier molecular flexibility index (Phi) is 9.32. The third kappa shape index (κ3) is 7.47. The largest absolute Gasteiger partial charge is 0.481 e. The minimum Gasteiger partial charge on any atom is -0.481 e. The highest BCUT2D eigenvalue weighted by molar-refractivity contribution is 5.91. The Hall–Kier alpha value is -3.56. The first-order valence-corrected chi connectivity index (χ1v) is 11.9. The number of imidazole rings is 1. The number of hydrogen-bond acceptors (Lipinski definition) is 5. The van der Waals surface area contributed by atoms with Crippen LogP contribution in [0.3, 0.4) is 0 Å². The van der Waals surface area contributed by atoms with Crippen molar-refractivity contribution in [2.24, 2.45) is 0 Å². The van der Waals surface area contributed by atoms with Crippen LogP contribution in [0.2, 0.25) is 0 Å². The topological polar surface area (TPSA) is 125 Å². The highest BCUT2D eigenvalue weighted by Gasteiger charge is 2.23. The molecule has 36 heavy (non-hydrogen) atoms. The molecule has 0 aliphatic heterocycles. The molecule has 192 valence electrons. The van der Waals surface area contributed by atoms with Gasteiger partial charge in [0, 0.05) is 17.3 Å². The summed E-state index contributed by atoms with van der Waals surface area (Å²) in [5.41, 5.74) is 2.81. The maximum Gasteiger partial charge on any atom is 0.305 e. The molecule has 9 heteroatoms. The van der Waals surface area contributed by atoms with Crippen molar-refractivity contribution in [2.45, 2.75) is 64.2 Å². The molecule has 0 aliphatic rings. The van der Waals surface area contributed by atoms with Crippen LogP contribution in [0.4, 0.5) is 10.3 Å². The molecular formula is C27H32FN3O5. The fourth-order valence-electron chi connectivity index (χ4n) is 4.16. The highest BCUT2D eigenvalue weighted by atomic mass is 19.1. The molecule has 1 aromatic heterocycles. The fraction of sp³-hybridized carbons (Fsp3) is 0.370. The van der Waals surface area contributed by atoms with Crippen LogP contribution < -0.4 is 5.32 Å². The number of carboxylic acid groups (broad SMARTS) is 1. The molecule has 3 rings (SSSR count). The van der Waals surface area contributed by atoms with Gasteiger partial charge in [-0.05, 0) is 62.9 Å². The van der Waals surface area contributed by atoms with Gasteiger partial charge in [-0.15, -0.1) is 0 Å². The van der Waals surface area contributed by atoms with E-state index in [4.69, 9.17) is 10.1 Å². The quantitative estimate of drug-likeness (QED) is 0.300. The second kappa shape index (κ2) is 12.4. The number of nitrogens with one attached hydrogen (secondary N) is 1. The third-order valence-electron chi connectivity index (χ3n) is 5.77. The SMILES string of the molecule is CC(C)n1c(NC(=O)Cc2ccccc2)nc(-c2ccc(F)cc2)c1CCC(O)CC(O)CC(=O)O. The van der Waals surface area contributed by atoms with Gasteiger partial charge in [-0.1, -0.05) is 30.3 Å². The summed E-state index contributed by atoms with van der Waals surface area (Å²) >= 11 is 0. The molecule has 0 radical (unpaired) electrons. The number of benzene rings is 2. The predicted molar refractivity (Wildman–Crippen MR) is 134 cm³/mol. The number of aliphatic carboxylic acids is 1. The number of halogens is 1. The molecule has 0 aliphatic carbocycles. The van der Waals surface area contributed by atoms with Crippen LogP contribution in [0.25, 0.3) is 11.3 Å². The van der Waals surface area contributed by atoms with Gasteiger partial charge in [0.25, 0.3) is 0 Å². The molecule has 8 nitrogen and oxygen atoms in total. The second-order valence-electron chi connectivity index (χ2n) is 9.09.